The van der Waals surface area contributed by atoms with E-state index in [1.54, 1.807) is 27.7 Å². The largest absolute Gasteiger partial charge is 0.480 e. The summed E-state index contributed by atoms with van der Waals surface area (Å²) in [7, 11) is 0. The van der Waals surface area contributed by atoms with Crippen molar-refractivity contribution in [2.75, 3.05) is 39.3 Å². The van der Waals surface area contributed by atoms with E-state index < -0.39 is 132 Å². The Kier molecular flexibility index (Phi) is 32.7. The molecule has 0 aliphatic heterocycles. The molecule has 0 saturated heterocycles. The van der Waals surface area contributed by atoms with Crippen molar-refractivity contribution in [1.82, 2.24) is 47.9 Å². The molecule has 0 rings (SSSR count). The molecule has 0 radical (unpaired) electrons. The fourth-order valence-corrected chi connectivity index (χ4v) is 7.10. The first-order valence-electron chi connectivity index (χ1n) is 24.5. The molecule has 0 unspecified atom stereocenters. The lowest BCUT2D eigenvalue weighted by molar-refractivity contribution is -0.145. The van der Waals surface area contributed by atoms with Crippen molar-refractivity contribution in [3.8, 4) is 0 Å². The Morgan fingerprint density at radius 1 is 0.342 bits per heavy atom. The van der Waals surface area contributed by atoms with Crippen LogP contribution >= 0.6 is 0 Å². The topological polar surface area (TPSA) is 522 Å². The summed E-state index contributed by atoms with van der Waals surface area (Å²) in [5.74, 6) is -9.80. The number of amides is 9. The summed E-state index contributed by atoms with van der Waals surface area (Å²) >= 11 is 0. The third-order valence-corrected chi connectivity index (χ3v) is 11.0. The van der Waals surface area contributed by atoms with Gasteiger partial charge < -0.3 is 103 Å². The number of carbonyl (C=O) groups is 10. The second kappa shape index (κ2) is 35.5. The van der Waals surface area contributed by atoms with Gasteiger partial charge in [-0.05, 0) is 116 Å². The Balaban J connectivity index is 6.41. The maximum absolute atomic E-state index is 14.1. The first-order valence-corrected chi connectivity index (χ1v) is 24.5. The maximum atomic E-state index is 14.1. The second-order valence-corrected chi connectivity index (χ2v) is 18.5. The van der Waals surface area contributed by atoms with Crippen LogP contribution in [0.4, 0.5) is 0 Å². The average Bonchev–Trinajstić information content (AvgIpc) is 3.30. The number of aliphatic carboxylic acids is 1. The molecule has 0 aromatic carbocycles. The van der Waals surface area contributed by atoms with Crippen molar-refractivity contribution in [3.05, 3.63) is 0 Å². The van der Waals surface area contributed by atoms with E-state index in [2.05, 4.69) is 47.9 Å². The first-order chi connectivity index (χ1) is 34.2. The van der Waals surface area contributed by atoms with Crippen LogP contribution in [0.2, 0.25) is 0 Å². The zero-order chi connectivity index (χ0) is 56.1. The van der Waals surface area contributed by atoms with E-state index in [0.717, 1.165) is 6.92 Å². The minimum absolute atomic E-state index is 0.0394. The van der Waals surface area contributed by atoms with Crippen molar-refractivity contribution in [3.63, 3.8) is 0 Å². The summed E-state index contributed by atoms with van der Waals surface area (Å²) in [5.41, 5.74) is 40.0. The van der Waals surface area contributed by atoms with Gasteiger partial charge in [0.05, 0.1) is 18.2 Å². The molecule has 9 amide bonds. The summed E-state index contributed by atoms with van der Waals surface area (Å²) < 4.78 is 0. The quantitative estimate of drug-likeness (QED) is 0.0275. The standard InChI is InChI=1S/C44H86N16O13/c1-21(2)19-31(41(69)55-27(9-15-47)37(65)54-30(12-18-50)40(68)60-34(24(6)62)44(72)73)58-42(70)32(20-22(3)4)57-39(67)28(10-16-48)53-36(64)26(8-14-46)52-38(66)29(11-17-49)56-43(71)33(23(5)61)59-35(63)25(51)7-13-45/h21-34,61-62H,7-20,45-51H2,1-6H3,(H,52,66)(H,53,64)(H,54,65)(H,55,69)(H,56,71)(H,57,67)(H,58,70)(H,59,63)(H,60,68)(H,72,73)/t23-,24-,25+,26+,27+,28+,29+,30+,31+,32-,33+,34+/m1/s1. The maximum Gasteiger partial charge on any atom is 0.328 e. The number of nitrogens with two attached hydrogens (primary N) is 7. The van der Waals surface area contributed by atoms with E-state index in [1.165, 1.54) is 6.92 Å². The van der Waals surface area contributed by atoms with Crippen LogP contribution in [0.15, 0.2) is 0 Å². The zero-order valence-corrected chi connectivity index (χ0v) is 42.9. The fraction of sp³-hybridized carbons (Fsp3) is 0.773. The molecule has 0 aromatic heterocycles. The number of rotatable bonds is 37. The van der Waals surface area contributed by atoms with Crippen LogP contribution < -0.4 is 88.0 Å². The molecule has 0 saturated carbocycles. The van der Waals surface area contributed by atoms with E-state index in [1.807, 2.05) is 0 Å². The number of aliphatic hydroxyl groups is 2. The molecule has 26 N–H and O–H groups in total. The van der Waals surface area contributed by atoms with Crippen LogP contribution in [0.25, 0.3) is 0 Å². The highest BCUT2D eigenvalue weighted by Crippen LogP contribution is 2.11. The van der Waals surface area contributed by atoms with Gasteiger partial charge in [0.2, 0.25) is 53.2 Å². The van der Waals surface area contributed by atoms with Crippen LogP contribution in [0.1, 0.15) is 92.9 Å². The van der Waals surface area contributed by atoms with Crippen LogP contribution in [-0.2, 0) is 47.9 Å². The summed E-state index contributed by atoms with van der Waals surface area (Å²) in [4.78, 5) is 133. The molecule has 29 nitrogen and oxygen atoms in total. The van der Waals surface area contributed by atoms with E-state index >= 15 is 0 Å². The number of carboxylic acid groups (broad SMARTS) is 1. The van der Waals surface area contributed by atoms with Gasteiger partial charge in [-0.25, -0.2) is 4.79 Å². The van der Waals surface area contributed by atoms with Gasteiger partial charge >= 0.3 is 5.97 Å². The molecule has 0 aliphatic carbocycles. The van der Waals surface area contributed by atoms with E-state index in [9.17, 15) is 63.3 Å². The predicted molar refractivity (Wildman–Crippen MR) is 267 cm³/mol. The number of nitrogens with one attached hydrogen (secondary N) is 9. The van der Waals surface area contributed by atoms with Crippen molar-refractivity contribution in [2.24, 2.45) is 52.0 Å². The van der Waals surface area contributed by atoms with Crippen LogP contribution in [-0.4, -0.2) is 186 Å². The van der Waals surface area contributed by atoms with Gasteiger partial charge in [0.25, 0.3) is 0 Å². The molecule has 420 valence electrons. The van der Waals surface area contributed by atoms with Crippen molar-refractivity contribution in [2.45, 2.75) is 166 Å². The normalized spacial score (nSPS) is 16.3. The highest BCUT2D eigenvalue weighted by Gasteiger charge is 2.36. The lowest BCUT2D eigenvalue weighted by Gasteiger charge is -2.29. The summed E-state index contributed by atoms with van der Waals surface area (Å²) in [5, 5.41) is 51.8. The van der Waals surface area contributed by atoms with Gasteiger partial charge in [-0.1, -0.05) is 27.7 Å². The summed E-state index contributed by atoms with van der Waals surface area (Å²) in [6, 6.07) is -13.8. The van der Waals surface area contributed by atoms with Gasteiger partial charge in [0, 0.05) is 0 Å². The average molecular weight is 1050 g/mol. The molecule has 0 aromatic rings. The Morgan fingerprint density at radius 3 is 0.822 bits per heavy atom. The molecule has 0 spiro atoms. The fourth-order valence-electron chi connectivity index (χ4n) is 7.10. The first kappa shape index (κ1) is 67.3. The molecule has 0 bridgehead atoms. The zero-order valence-electron chi connectivity index (χ0n) is 42.9. The number of carbonyl (C=O) groups excluding carboxylic acids is 9. The van der Waals surface area contributed by atoms with Gasteiger partial charge in [0.15, 0.2) is 6.04 Å². The van der Waals surface area contributed by atoms with E-state index in [-0.39, 0.29) is 102 Å². The predicted octanol–water partition coefficient (Wildman–Crippen LogP) is -8.29. The highest BCUT2D eigenvalue weighted by molar-refractivity contribution is 5.98. The molecule has 29 heteroatoms. The van der Waals surface area contributed by atoms with Gasteiger partial charge in [-0.2, -0.15) is 0 Å². The lowest BCUT2D eigenvalue weighted by Crippen LogP contribution is -2.61. The van der Waals surface area contributed by atoms with E-state index in [4.69, 9.17) is 40.1 Å². The molecular formula is C44H86N16O13. The van der Waals surface area contributed by atoms with Crippen LogP contribution in [0, 0.1) is 11.8 Å². The Labute approximate surface area is 426 Å². The van der Waals surface area contributed by atoms with Gasteiger partial charge in [0.1, 0.15) is 48.3 Å². The molecule has 12 atom stereocenters. The number of carboxylic acids is 1. The number of aliphatic hydroxyl groups excluding tert-OH is 2. The van der Waals surface area contributed by atoms with Crippen molar-refractivity contribution < 1.29 is 63.3 Å². The minimum atomic E-state index is -1.70. The third-order valence-electron chi connectivity index (χ3n) is 11.0. The third kappa shape index (κ3) is 25.2. The SMILES string of the molecule is CC(C)C[C@H](NC(=O)[C@@H](CC(C)C)NC(=O)[C@H](CCN)NC(=O)[C@H](CCN)NC(=O)[C@H](CCN)NC(=O)[C@@H](NC(=O)[C@@H](N)CCN)[C@@H](C)O)C(=O)N[C@@H](CCN)C(=O)N[C@@H](CCN)C(=O)N[C@H](C(=O)O)[C@@H](C)O. The lowest BCUT2D eigenvalue weighted by atomic mass is 9.99. The molecule has 73 heavy (non-hydrogen) atoms. The Hall–Kier alpha value is -5.66. The number of hydrogen-bond donors (Lipinski definition) is 19. The minimum Gasteiger partial charge on any atom is -0.480 e. The van der Waals surface area contributed by atoms with Gasteiger partial charge in [-0.15, -0.1) is 0 Å². The molecule has 0 heterocycles. The molecular weight excluding hydrogens is 961 g/mol. The smallest absolute Gasteiger partial charge is 0.328 e. The number of hydrogen-bond acceptors (Lipinski definition) is 19. The highest BCUT2D eigenvalue weighted by atomic mass is 16.4. The van der Waals surface area contributed by atoms with Crippen LogP contribution in [0.5, 0.6) is 0 Å². The molecule has 0 fully saturated rings. The summed E-state index contributed by atoms with van der Waals surface area (Å²) in [6.45, 7) is 8.90. The Bertz CT molecular complexity index is 1790. The monoisotopic (exact) mass is 1050 g/mol. The Morgan fingerprint density at radius 2 is 0.575 bits per heavy atom. The molecule has 0 aliphatic rings. The van der Waals surface area contributed by atoms with Crippen molar-refractivity contribution in [1.29, 1.82) is 0 Å². The van der Waals surface area contributed by atoms with Gasteiger partial charge in [-0.3, -0.25) is 43.2 Å². The second-order valence-electron chi connectivity index (χ2n) is 18.5. The summed E-state index contributed by atoms with van der Waals surface area (Å²) in [6.07, 6.45) is -3.50. The van der Waals surface area contributed by atoms with Crippen molar-refractivity contribution >= 4 is 59.1 Å². The van der Waals surface area contributed by atoms with E-state index in [0.29, 0.717) is 0 Å². The van der Waals surface area contributed by atoms with Crippen LogP contribution in [0.3, 0.4) is 0 Å².